The molecule has 0 amide bonds. The summed E-state index contributed by atoms with van der Waals surface area (Å²) in [5, 5.41) is 1.72. The van der Waals surface area contributed by atoms with E-state index in [0.717, 1.165) is 11.1 Å². The molecule has 2 bridgehead atoms. The van der Waals surface area contributed by atoms with Gasteiger partial charge in [-0.05, 0) is 11.6 Å². The Bertz CT molecular complexity index is 336. The fraction of sp³-hybridized carbons (Fsp3) is 0.250. The van der Waals surface area contributed by atoms with Gasteiger partial charge >= 0.3 is 0 Å². The Balaban J connectivity index is 2.74. The van der Waals surface area contributed by atoms with Crippen LogP contribution in [-0.2, 0) is 18.0 Å². The highest BCUT2D eigenvalue weighted by Crippen LogP contribution is 2.38. The summed E-state index contributed by atoms with van der Waals surface area (Å²) in [6.07, 6.45) is 0. The summed E-state index contributed by atoms with van der Waals surface area (Å²) in [7, 11) is 0. The van der Waals surface area contributed by atoms with Crippen molar-refractivity contribution >= 4 is 34.8 Å². The molecular formula is C8H5Cl3O. The van der Waals surface area contributed by atoms with Crippen LogP contribution >= 0.6 is 34.8 Å². The van der Waals surface area contributed by atoms with E-state index in [4.69, 9.17) is 39.5 Å². The Morgan fingerprint density at radius 2 is 1.83 bits per heavy atom. The van der Waals surface area contributed by atoms with E-state index in [1.54, 1.807) is 6.07 Å². The number of halogens is 3. The lowest BCUT2D eigenvalue weighted by atomic mass is 10.2. The van der Waals surface area contributed by atoms with Gasteiger partial charge in [0.1, 0.15) is 0 Å². The van der Waals surface area contributed by atoms with E-state index >= 15 is 0 Å². The molecule has 1 aromatic carbocycles. The van der Waals surface area contributed by atoms with Crippen LogP contribution in [0.15, 0.2) is 6.07 Å². The fourth-order valence-electron chi connectivity index (χ4n) is 1.18. The van der Waals surface area contributed by atoms with Crippen molar-refractivity contribution in [2.24, 2.45) is 0 Å². The van der Waals surface area contributed by atoms with E-state index < -0.39 is 0 Å². The van der Waals surface area contributed by atoms with Crippen LogP contribution in [0.5, 0.6) is 0 Å². The lowest BCUT2D eigenvalue weighted by Crippen LogP contribution is -1.86. The van der Waals surface area contributed by atoms with E-state index in [1.807, 2.05) is 0 Å². The molecular weight excluding hydrogens is 218 g/mol. The Labute approximate surface area is 85.2 Å². The minimum Gasteiger partial charge on any atom is -0.372 e. The molecule has 2 aliphatic heterocycles. The zero-order valence-corrected chi connectivity index (χ0v) is 8.30. The van der Waals surface area contributed by atoms with Crippen LogP contribution in [0.2, 0.25) is 15.1 Å². The van der Waals surface area contributed by atoms with Crippen LogP contribution in [0.25, 0.3) is 0 Å². The molecule has 12 heavy (non-hydrogen) atoms. The largest absolute Gasteiger partial charge is 0.372 e. The van der Waals surface area contributed by atoms with Gasteiger partial charge in [-0.15, -0.1) is 0 Å². The monoisotopic (exact) mass is 222 g/mol. The highest BCUT2D eigenvalue weighted by molar-refractivity contribution is 6.44. The van der Waals surface area contributed by atoms with Crippen molar-refractivity contribution in [2.45, 2.75) is 13.2 Å². The molecule has 0 fully saturated rings. The van der Waals surface area contributed by atoms with Gasteiger partial charge in [0.25, 0.3) is 0 Å². The summed E-state index contributed by atoms with van der Waals surface area (Å²) in [6, 6.07) is 1.80. The Kier molecular flexibility index (Phi) is 2.21. The third-order valence-electron chi connectivity index (χ3n) is 1.83. The number of hydrogen-bond donors (Lipinski definition) is 0. The molecule has 0 aliphatic carbocycles. The van der Waals surface area contributed by atoms with E-state index in [9.17, 15) is 0 Å². The van der Waals surface area contributed by atoms with Crippen molar-refractivity contribution in [1.82, 2.24) is 0 Å². The molecule has 0 spiro atoms. The smallest absolute Gasteiger partial charge is 0.0751 e. The highest BCUT2D eigenvalue weighted by Gasteiger charge is 2.18. The van der Waals surface area contributed by atoms with Gasteiger partial charge in [-0.25, -0.2) is 0 Å². The molecule has 0 saturated carbocycles. The van der Waals surface area contributed by atoms with Gasteiger partial charge in [0, 0.05) is 10.6 Å². The maximum Gasteiger partial charge on any atom is 0.0751 e. The maximum absolute atomic E-state index is 5.95. The molecule has 64 valence electrons. The van der Waals surface area contributed by atoms with E-state index in [-0.39, 0.29) is 0 Å². The summed E-state index contributed by atoms with van der Waals surface area (Å²) in [6.45, 7) is 0.919. The van der Waals surface area contributed by atoms with E-state index in [2.05, 4.69) is 0 Å². The van der Waals surface area contributed by atoms with Crippen LogP contribution in [0.3, 0.4) is 0 Å². The van der Waals surface area contributed by atoms with Crippen LogP contribution < -0.4 is 0 Å². The molecule has 4 heteroatoms. The van der Waals surface area contributed by atoms with Crippen molar-refractivity contribution in [2.75, 3.05) is 0 Å². The standard InChI is InChI=1S/C8H5Cl3O/c9-6-1-4-2-12-3-5(6)8(11)7(4)10/h1H,2-3H2. The van der Waals surface area contributed by atoms with Gasteiger partial charge in [0.2, 0.25) is 0 Å². The fourth-order valence-corrected chi connectivity index (χ4v) is 2.01. The van der Waals surface area contributed by atoms with Crippen LogP contribution in [-0.4, -0.2) is 0 Å². The third kappa shape index (κ3) is 1.21. The number of benzene rings is 1. The molecule has 0 saturated heterocycles. The first kappa shape index (κ1) is 8.64. The molecule has 0 unspecified atom stereocenters. The predicted molar refractivity (Wildman–Crippen MR) is 50.0 cm³/mol. The quantitative estimate of drug-likeness (QED) is 0.610. The molecule has 0 radical (unpaired) electrons. The molecule has 2 heterocycles. The van der Waals surface area contributed by atoms with Gasteiger partial charge in [-0.2, -0.15) is 0 Å². The van der Waals surface area contributed by atoms with E-state index in [0.29, 0.717) is 28.3 Å². The Morgan fingerprint density at radius 1 is 1.08 bits per heavy atom. The van der Waals surface area contributed by atoms with Gasteiger partial charge < -0.3 is 4.74 Å². The topological polar surface area (TPSA) is 9.23 Å². The normalized spacial score (nSPS) is 14.9. The molecule has 1 aromatic rings. The van der Waals surface area contributed by atoms with Crippen LogP contribution in [0, 0.1) is 0 Å². The minimum absolute atomic E-state index is 0.438. The maximum atomic E-state index is 5.95. The molecule has 0 atom stereocenters. The zero-order chi connectivity index (χ0) is 8.72. The predicted octanol–water partition coefficient (Wildman–Crippen LogP) is 3.68. The first-order valence-corrected chi connectivity index (χ1v) is 4.56. The van der Waals surface area contributed by atoms with Crippen molar-refractivity contribution in [3.8, 4) is 0 Å². The second-order valence-corrected chi connectivity index (χ2v) is 3.78. The number of fused-ring (bicyclic) bond motifs is 4. The average molecular weight is 223 g/mol. The molecule has 1 nitrogen and oxygen atoms in total. The van der Waals surface area contributed by atoms with Crippen LogP contribution in [0.4, 0.5) is 0 Å². The Hall–Kier alpha value is 0.0500. The summed E-state index contributed by atoms with van der Waals surface area (Å²) in [5.41, 5.74) is 1.64. The molecule has 2 aliphatic rings. The first-order valence-electron chi connectivity index (χ1n) is 3.43. The van der Waals surface area contributed by atoms with Crippen molar-refractivity contribution < 1.29 is 4.74 Å². The van der Waals surface area contributed by atoms with Crippen molar-refractivity contribution in [3.05, 3.63) is 32.3 Å². The summed E-state index contributed by atoms with van der Waals surface area (Å²) >= 11 is 17.8. The molecule has 0 N–H and O–H groups in total. The van der Waals surface area contributed by atoms with Gasteiger partial charge in [-0.1, -0.05) is 34.8 Å². The second kappa shape index (κ2) is 3.08. The molecule has 0 aromatic heterocycles. The second-order valence-electron chi connectivity index (χ2n) is 2.62. The third-order valence-corrected chi connectivity index (χ3v) is 3.12. The number of rotatable bonds is 0. The van der Waals surface area contributed by atoms with Gasteiger partial charge in [0.15, 0.2) is 0 Å². The SMILES string of the molecule is Clc1cc2c(Cl)c(Cl)c1COC2. The van der Waals surface area contributed by atoms with Crippen molar-refractivity contribution in [3.63, 3.8) is 0 Å². The summed E-state index contributed by atoms with van der Waals surface area (Å²) < 4.78 is 5.27. The minimum atomic E-state index is 0.438. The highest BCUT2D eigenvalue weighted by atomic mass is 35.5. The average Bonchev–Trinajstić information content (AvgIpc) is 2.29. The van der Waals surface area contributed by atoms with Gasteiger partial charge in [0.05, 0.1) is 23.3 Å². The lowest BCUT2D eigenvalue weighted by molar-refractivity contribution is 0.111. The van der Waals surface area contributed by atoms with E-state index in [1.165, 1.54) is 0 Å². The lowest BCUT2D eigenvalue weighted by Gasteiger charge is -2.03. The van der Waals surface area contributed by atoms with Gasteiger partial charge in [-0.3, -0.25) is 0 Å². The molecule has 3 rings (SSSR count). The summed E-state index contributed by atoms with van der Waals surface area (Å²) in [5.74, 6) is 0. The number of ether oxygens (including phenoxy) is 1. The van der Waals surface area contributed by atoms with Crippen LogP contribution in [0.1, 0.15) is 11.1 Å². The summed E-state index contributed by atoms with van der Waals surface area (Å²) in [4.78, 5) is 0. The number of hydrogen-bond acceptors (Lipinski definition) is 1. The van der Waals surface area contributed by atoms with Crippen molar-refractivity contribution in [1.29, 1.82) is 0 Å². The Morgan fingerprint density at radius 3 is 2.58 bits per heavy atom. The first-order chi connectivity index (χ1) is 5.70. The zero-order valence-electron chi connectivity index (χ0n) is 6.03.